The molecule has 5 aliphatic heterocycles. The molecule has 18 heteroatoms. The lowest BCUT2D eigenvalue weighted by Gasteiger charge is -2.49. The zero-order chi connectivity index (χ0) is 60.8. The second-order valence-corrected chi connectivity index (χ2v) is 24.2. The summed E-state index contributed by atoms with van der Waals surface area (Å²) in [5.74, 6) is -4.53. The van der Waals surface area contributed by atoms with E-state index >= 15 is 0 Å². The third-order valence-corrected chi connectivity index (χ3v) is 18.3. The van der Waals surface area contributed by atoms with Gasteiger partial charge in [0.15, 0.2) is 18.4 Å². The lowest BCUT2D eigenvalue weighted by Crippen LogP contribution is -2.60. The first-order valence-corrected chi connectivity index (χ1v) is 30.6. The van der Waals surface area contributed by atoms with E-state index in [1.807, 2.05) is 113 Å². The third-order valence-electron chi connectivity index (χ3n) is 18.3. The molecular weight excluding hydrogens is 1060 g/mol. The van der Waals surface area contributed by atoms with Gasteiger partial charge in [0, 0.05) is 86.9 Å². The van der Waals surface area contributed by atoms with Crippen LogP contribution in [0.3, 0.4) is 0 Å². The number of carbonyl (C=O) groups is 2. The minimum Gasteiger partial charge on any atom is -0.458 e. The van der Waals surface area contributed by atoms with Crippen LogP contribution in [-0.4, -0.2) is 170 Å². The van der Waals surface area contributed by atoms with Crippen molar-refractivity contribution in [2.75, 3.05) is 7.11 Å². The van der Waals surface area contributed by atoms with Crippen LogP contribution in [0.15, 0.2) is 71.9 Å². The highest BCUT2D eigenvalue weighted by atomic mass is 16.7. The topological polar surface area (TPSA) is 259 Å². The number of rotatable bonds is 19. The minimum absolute atomic E-state index is 0.0250. The van der Waals surface area contributed by atoms with E-state index in [9.17, 15) is 45.3 Å². The predicted octanol–water partition coefficient (Wildman–Crippen LogP) is 7.77. The van der Waals surface area contributed by atoms with E-state index in [1.54, 1.807) is 26.0 Å². The maximum atomic E-state index is 14.0. The van der Waals surface area contributed by atoms with E-state index in [1.165, 1.54) is 19.3 Å². The van der Waals surface area contributed by atoms with Gasteiger partial charge in [-0.2, -0.15) is 0 Å². The summed E-state index contributed by atoms with van der Waals surface area (Å²) in [4.78, 5) is 28.0. The molecule has 5 aliphatic rings. The maximum absolute atomic E-state index is 14.0. The van der Waals surface area contributed by atoms with Gasteiger partial charge in [0.25, 0.3) is 0 Å². The first-order chi connectivity index (χ1) is 38.8. The van der Waals surface area contributed by atoms with Crippen molar-refractivity contribution < 1.29 is 88.0 Å². The molecule has 5 rings (SSSR count). The standard InChI is InChI=1S/C64H104O18/c1-15-42-23-21-25-44(17-3)60(36(7)49(66)32-63(13)34-51(46(19-5)38(9)81-63)78-62-59(73)58(72)57(71)41(12)76-62)79-53(68)29-27-43(16-2)24-22-26-45(18-4)61(80-54(69)30-28-42)37(8)50(67)33-64(74-14)35-52(47(20-6)39(10)82-64)77-55-31-48(65)56(70)40(11)75-55/h21-30,36-41,44-52,55-62,65-67,70-73H,15-20,31-35H2,1-14H3/b25-21+,26-22+,29-27?,30-28+,42-23+,43-24?. The average molecular weight is 1160 g/mol. The quantitative estimate of drug-likeness (QED) is 0.0609. The van der Waals surface area contributed by atoms with Crippen LogP contribution in [0.25, 0.3) is 0 Å². The SMILES string of the molecule is CCC1=C/C=C/C(CC)C(C(C)C(O)CC2(OC)CC(OC3CC(O)C(O)C(C)O3)C(CC)C(C)O2)OC(=O)/C=C/C(CC)=C/C=C/C(CC)C(C(C)C(O)CC2(C)CC(OC3OC(C)C(O)C(O)C3O)C(CC)C(C)O2)OC(=O)C=C1. The molecule has 4 saturated heterocycles. The Labute approximate surface area is 488 Å². The molecular formula is C64H104O18. The second kappa shape index (κ2) is 32.0. The molecule has 0 aromatic rings. The Morgan fingerprint density at radius 2 is 1.09 bits per heavy atom. The van der Waals surface area contributed by atoms with Crippen LogP contribution >= 0.6 is 0 Å². The van der Waals surface area contributed by atoms with Gasteiger partial charge in [-0.1, -0.05) is 104 Å². The summed E-state index contributed by atoms with van der Waals surface area (Å²) in [6, 6.07) is 0. The number of esters is 2. The molecule has 0 amide bonds. The zero-order valence-corrected chi connectivity index (χ0v) is 51.5. The van der Waals surface area contributed by atoms with Gasteiger partial charge in [0.1, 0.15) is 36.6 Å². The Balaban J connectivity index is 1.39. The zero-order valence-electron chi connectivity index (χ0n) is 51.5. The summed E-state index contributed by atoms with van der Waals surface area (Å²) in [6.45, 7) is 24.8. The van der Waals surface area contributed by atoms with Crippen LogP contribution in [0.5, 0.6) is 0 Å². The summed E-state index contributed by atoms with van der Waals surface area (Å²) in [7, 11) is 1.54. The molecule has 0 spiro atoms. The third kappa shape index (κ3) is 18.2. The number of allylic oxidation sites excluding steroid dienone is 8. The molecule has 18 nitrogen and oxygen atoms in total. The van der Waals surface area contributed by atoms with Gasteiger partial charge in [-0.25, -0.2) is 9.59 Å². The summed E-state index contributed by atoms with van der Waals surface area (Å²) in [6.07, 6.45) is 7.32. The van der Waals surface area contributed by atoms with E-state index in [2.05, 4.69) is 0 Å². The van der Waals surface area contributed by atoms with E-state index < -0.39 is 127 Å². The van der Waals surface area contributed by atoms with Crippen molar-refractivity contribution >= 4 is 11.9 Å². The Morgan fingerprint density at radius 1 is 0.598 bits per heavy atom. The largest absolute Gasteiger partial charge is 0.458 e. The van der Waals surface area contributed by atoms with Crippen LogP contribution in [-0.2, 0) is 52.2 Å². The van der Waals surface area contributed by atoms with Crippen molar-refractivity contribution in [3.8, 4) is 0 Å². The highest BCUT2D eigenvalue weighted by molar-refractivity contribution is 5.83. The molecule has 0 aliphatic carbocycles. The fourth-order valence-electron chi connectivity index (χ4n) is 12.9. The second-order valence-electron chi connectivity index (χ2n) is 24.2. The number of methoxy groups -OCH3 is 1. The number of aliphatic hydroxyl groups is 7. The molecule has 4 fully saturated rings. The molecule has 468 valence electrons. The Kier molecular flexibility index (Phi) is 27.1. The smallest absolute Gasteiger partial charge is 0.331 e. The molecule has 0 aromatic carbocycles. The van der Waals surface area contributed by atoms with Gasteiger partial charge >= 0.3 is 11.9 Å². The summed E-state index contributed by atoms with van der Waals surface area (Å²) >= 11 is 0. The summed E-state index contributed by atoms with van der Waals surface area (Å²) in [5.41, 5.74) is 0.703. The molecule has 0 bridgehead atoms. The fraction of sp³-hybridized carbons (Fsp3) is 0.781. The van der Waals surface area contributed by atoms with E-state index in [4.69, 9.17) is 42.6 Å². The predicted molar refractivity (Wildman–Crippen MR) is 309 cm³/mol. The Bertz CT molecular complexity index is 2170. The van der Waals surface area contributed by atoms with Crippen LogP contribution in [0.4, 0.5) is 0 Å². The summed E-state index contributed by atoms with van der Waals surface area (Å²) in [5, 5.41) is 77.1. The van der Waals surface area contributed by atoms with Crippen LogP contribution in [0.1, 0.15) is 161 Å². The van der Waals surface area contributed by atoms with Crippen molar-refractivity contribution in [2.45, 2.75) is 276 Å². The van der Waals surface area contributed by atoms with Crippen molar-refractivity contribution in [1.29, 1.82) is 0 Å². The first kappa shape index (κ1) is 69.6. The lowest BCUT2D eigenvalue weighted by atomic mass is 9.76. The lowest BCUT2D eigenvalue weighted by molar-refractivity contribution is -0.337. The number of ether oxygens (including phenoxy) is 9. The normalized spacial score (nSPS) is 42.7. The van der Waals surface area contributed by atoms with Gasteiger partial charge in [-0.3, -0.25) is 0 Å². The molecule has 0 radical (unpaired) electrons. The Morgan fingerprint density at radius 3 is 1.56 bits per heavy atom. The number of cyclic esters (lactones) is 2. The van der Waals surface area contributed by atoms with Crippen LogP contribution in [0.2, 0.25) is 0 Å². The molecule has 25 unspecified atom stereocenters. The van der Waals surface area contributed by atoms with Gasteiger partial charge in [0.05, 0.1) is 60.5 Å². The van der Waals surface area contributed by atoms with E-state index in [0.717, 1.165) is 17.6 Å². The molecule has 82 heavy (non-hydrogen) atoms. The average Bonchev–Trinajstić information content (AvgIpc) is 3.45. The van der Waals surface area contributed by atoms with Crippen LogP contribution in [0, 0.1) is 35.5 Å². The van der Waals surface area contributed by atoms with E-state index in [0.29, 0.717) is 38.5 Å². The van der Waals surface area contributed by atoms with Gasteiger partial charge in [-0.05, 0) is 84.3 Å². The highest BCUT2D eigenvalue weighted by Crippen LogP contribution is 2.44. The highest BCUT2D eigenvalue weighted by Gasteiger charge is 2.52. The van der Waals surface area contributed by atoms with Crippen molar-refractivity contribution in [3.05, 3.63) is 71.9 Å². The maximum Gasteiger partial charge on any atom is 0.331 e. The van der Waals surface area contributed by atoms with Gasteiger partial charge in [-0.15, -0.1) is 0 Å². The molecule has 25 atom stereocenters. The minimum atomic E-state index is -1.47. The molecule has 0 saturated carbocycles. The van der Waals surface area contributed by atoms with Crippen LogP contribution < -0.4 is 0 Å². The van der Waals surface area contributed by atoms with Crippen molar-refractivity contribution in [2.24, 2.45) is 35.5 Å². The molecule has 7 N–H and O–H groups in total. The monoisotopic (exact) mass is 1160 g/mol. The van der Waals surface area contributed by atoms with Gasteiger partial charge < -0.3 is 78.4 Å². The van der Waals surface area contributed by atoms with Gasteiger partial charge in [0.2, 0.25) is 0 Å². The number of carbonyl (C=O) groups excluding carboxylic acids is 2. The summed E-state index contributed by atoms with van der Waals surface area (Å²) < 4.78 is 56.9. The van der Waals surface area contributed by atoms with Crippen molar-refractivity contribution in [1.82, 2.24) is 0 Å². The number of hydrogen-bond acceptors (Lipinski definition) is 18. The van der Waals surface area contributed by atoms with Crippen molar-refractivity contribution in [3.63, 3.8) is 0 Å². The Hall–Kier alpha value is -3.18. The molecule has 0 aromatic heterocycles. The molecule has 5 heterocycles. The number of aliphatic hydroxyl groups excluding tert-OH is 7. The first-order valence-electron chi connectivity index (χ1n) is 30.6. The van der Waals surface area contributed by atoms with E-state index in [-0.39, 0.29) is 61.6 Å². The number of hydrogen-bond donors (Lipinski definition) is 7. The fourth-order valence-corrected chi connectivity index (χ4v) is 12.9.